The van der Waals surface area contributed by atoms with Crippen molar-refractivity contribution in [1.29, 1.82) is 0 Å². The smallest absolute Gasteiger partial charge is 0.166 e. The molecule has 2 aromatic rings. The van der Waals surface area contributed by atoms with Crippen LogP contribution in [0.4, 0.5) is 8.78 Å². The molecule has 0 amide bonds. The lowest BCUT2D eigenvalue weighted by molar-refractivity contribution is 0.502. The SMILES string of the molecule is CCC.CCc1ccc(-c2ccc(C)cc2)c(F)c1F. The van der Waals surface area contributed by atoms with Gasteiger partial charge in [0.15, 0.2) is 11.6 Å². The van der Waals surface area contributed by atoms with Gasteiger partial charge in [0.05, 0.1) is 0 Å². The minimum Gasteiger partial charge on any atom is -0.203 e. The van der Waals surface area contributed by atoms with E-state index in [4.69, 9.17) is 0 Å². The van der Waals surface area contributed by atoms with Crippen molar-refractivity contribution in [3.05, 3.63) is 59.2 Å². The van der Waals surface area contributed by atoms with E-state index in [1.807, 2.05) is 26.0 Å². The van der Waals surface area contributed by atoms with Crippen LogP contribution in [-0.4, -0.2) is 0 Å². The second-order valence-electron chi connectivity index (χ2n) is 4.83. The van der Waals surface area contributed by atoms with Crippen molar-refractivity contribution in [3.63, 3.8) is 0 Å². The molecule has 0 saturated carbocycles. The van der Waals surface area contributed by atoms with E-state index in [2.05, 4.69) is 13.8 Å². The molecule has 0 bridgehead atoms. The summed E-state index contributed by atoms with van der Waals surface area (Å²) in [7, 11) is 0. The van der Waals surface area contributed by atoms with Crippen molar-refractivity contribution in [2.45, 2.75) is 40.5 Å². The summed E-state index contributed by atoms with van der Waals surface area (Å²) in [5.41, 5.74) is 2.53. The number of rotatable bonds is 2. The maximum atomic E-state index is 13.9. The van der Waals surface area contributed by atoms with Gasteiger partial charge in [-0.25, -0.2) is 8.78 Å². The number of halogens is 2. The molecular weight excluding hydrogens is 254 g/mol. The second-order valence-corrected chi connectivity index (χ2v) is 4.83. The monoisotopic (exact) mass is 276 g/mol. The van der Waals surface area contributed by atoms with Gasteiger partial charge in [-0.15, -0.1) is 0 Å². The highest BCUT2D eigenvalue weighted by molar-refractivity contribution is 5.65. The zero-order valence-corrected chi connectivity index (χ0v) is 12.6. The van der Waals surface area contributed by atoms with Crippen LogP contribution < -0.4 is 0 Å². The molecule has 0 aliphatic rings. The van der Waals surface area contributed by atoms with Gasteiger partial charge in [-0.2, -0.15) is 0 Å². The number of benzene rings is 2. The molecule has 2 rings (SSSR count). The minimum atomic E-state index is -0.756. The summed E-state index contributed by atoms with van der Waals surface area (Å²) in [6, 6.07) is 10.7. The van der Waals surface area contributed by atoms with Crippen LogP contribution in [0.3, 0.4) is 0 Å². The summed E-state index contributed by atoms with van der Waals surface area (Å²) >= 11 is 0. The van der Waals surface area contributed by atoms with Gasteiger partial charge in [-0.3, -0.25) is 0 Å². The zero-order valence-electron chi connectivity index (χ0n) is 12.6. The molecule has 2 aromatic carbocycles. The topological polar surface area (TPSA) is 0 Å². The number of hydrogen-bond donors (Lipinski definition) is 0. The summed E-state index contributed by atoms with van der Waals surface area (Å²) in [5.74, 6) is -1.49. The van der Waals surface area contributed by atoms with Crippen molar-refractivity contribution in [2.24, 2.45) is 0 Å². The van der Waals surface area contributed by atoms with Crippen molar-refractivity contribution in [1.82, 2.24) is 0 Å². The van der Waals surface area contributed by atoms with E-state index < -0.39 is 11.6 Å². The van der Waals surface area contributed by atoms with Gasteiger partial charge in [0.2, 0.25) is 0 Å². The Balaban J connectivity index is 0.000000612. The van der Waals surface area contributed by atoms with Crippen molar-refractivity contribution >= 4 is 0 Å². The van der Waals surface area contributed by atoms with Crippen LogP contribution >= 0.6 is 0 Å². The fraction of sp³-hybridized carbons (Fsp3) is 0.333. The Labute approximate surface area is 120 Å². The summed E-state index contributed by atoms with van der Waals surface area (Å²) in [6.07, 6.45) is 1.75. The molecule has 0 atom stereocenters. The van der Waals surface area contributed by atoms with Crippen molar-refractivity contribution in [2.75, 3.05) is 0 Å². The van der Waals surface area contributed by atoms with E-state index in [9.17, 15) is 8.78 Å². The first-order valence-electron chi connectivity index (χ1n) is 7.08. The average Bonchev–Trinajstić information content (AvgIpc) is 2.44. The number of hydrogen-bond acceptors (Lipinski definition) is 0. The van der Waals surface area contributed by atoms with Gasteiger partial charge in [-0.1, -0.05) is 69.2 Å². The van der Waals surface area contributed by atoms with Crippen LogP contribution in [0.15, 0.2) is 36.4 Å². The van der Waals surface area contributed by atoms with E-state index >= 15 is 0 Å². The van der Waals surface area contributed by atoms with E-state index in [1.54, 1.807) is 24.3 Å². The predicted molar refractivity (Wildman–Crippen MR) is 81.9 cm³/mol. The van der Waals surface area contributed by atoms with Gasteiger partial charge >= 0.3 is 0 Å². The maximum Gasteiger partial charge on any atom is 0.166 e. The van der Waals surface area contributed by atoms with Crippen LogP contribution in [0.25, 0.3) is 11.1 Å². The van der Waals surface area contributed by atoms with Crippen molar-refractivity contribution < 1.29 is 8.78 Å². The summed E-state index contributed by atoms with van der Waals surface area (Å²) in [5, 5.41) is 0. The summed E-state index contributed by atoms with van der Waals surface area (Å²) < 4.78 is 27.5. The van der Waals surface area contributed by atoms with Crippen LogP contribution in [0.2, 0.25) is 0 Å². The molecule has 0 saturated heterocycles. The average molecular weight is 276 g/mol. The second kappa shape index (κ2) is 7.78. The molecule has 0 spiro atoms. The Morgan fingerprint density at radius 2 is 1.35 bits per heavy atom. The normalized spacial score (nSPS) is 9.90. The third-order valence-corrected chi connectivity index (χ3v) is 2.91. The fourth-order valence-corrected chi connectivity index (χ4v) is 1.82. The highest BCUT2D eigenvalue weighted by Gasteiger charge is 2.13. The van der Waals surface area contributed by atoms with Crippen LogP contribution in [0.5, 0.6) is 0 Å². The summed E-state index contributed by atoms with van der Waals surface area (Å²) in [4.78, 5) is 0. The Bertz CT molecular complexity index is 542. The molecule has 0 aliphatic heterocycles. The van der Waals surface area contributed by atoms with E-state index in [0.29, 0.717) is 23.1 Å². The van der Waals surface area contributed by atoms with Crippen LogP contribution in [-0.2, 0) is 6.42 Å². The molecule has 0 aliphatic carbocycles. The van der Waals surface area contributed by atoms with E-state index in [0.717, 1.165) is 5.56 Å². The van der Waals surface area contributed by atoms with Gasteiger partial charge in [0.1, 0.15) is 0 Å². The molecular formula is C18H22F2. The van der Waals surface area contributed by atoms with Crippen LogP contribution in [0, 0.1) is 18.6 Å². The molecule has 2 heteroatoms. The van der Waals surface area contributed by atoms with Crippen LogP contribution in [0.1, 0.15) is 38.3 Å². The predicted octanol–water partition coefficient (Wildman–Crippen LogP) is 5.92. The third kappa shape index (κ3) is 3.89. The Morgan fingerprint density at radius 1 is 0.800 bits per heavy atom. The van der Waals surface area contributed by atoms with E-state index in [1.165, 1.54) is 6.42 Å². The highest BCUT2D eigenvalue weighted by Crippen LogP contribution is 2.26. The molecule has 0 radical (unpaired) electrons. The first kappa shape index (κ1) is 16.4. The summed E-state index contributed by atoms with van der Waals surface area (Å²) in [6.45, 7) is 8.02. The van der Waals surface area contributed by atoms with Gasteiger partial charge in [0, 0.05) is 5.56 Å². The minimum absolute atomic E-state index is 0.319. The Hall–Kier alpha value is -1.70. The molecule has 0 heterocycles. The number of aryl methyl sites for hydroxylation is 2. The van der Waals surface area contributed by atoms with Gasteiger partial charge in [-0.05, 0) is 24.5 Å². The maximum absolute atomic E-state index is 13.9. The Kier molecular flexibility index (Phi) is 6.37. The quantitative estimate of drug-likeness (QED) is 0.638. The molecule has 0 fully saturated rings. The fourth-order valence-electron chi connectivity index (χ4n) is 1.82. The van der Waals surface area contributed by atoms with Gasteiger partial charge in [0.25, 0.3) is 0 Å². The third-order valence-electron chi connectivity index (χ3n) is 2.91. The van der Waals surface area contributed by atoms with Gasteiger partial charge < -0.3 is 0 Å². The molecule has 0 unspecified atom stereocenters. The lowest BCUT2D eigenvalue weighted by Gasteiger charge is -2.07. The molecule has 20 heavy (non-hydrogen) atoms. The molecule has 0 aromatic heterocycles. The molecule has 0 nitrogen and oxygen atoms in total. The lowest BCUT2D eigenvalue weighted by atomic mass is 10.0. The first-order valence-corrected chi connectivity index (χ1v) is 7.08. The highest BCUT2D eigenvalue weighted by atomic mass is 19.2. The zero-order chi connectivity index (χ0) is 15.1. The largest absolute Gasteiger partial charge is 0.203 e. The molecule has 108 valence electrons. The van der Waals surface area contributed by atoms with Crippen molar-refractivity contribution in [3.8, 4) is 11.1 Å². The molecule has 0 N–H and O–H groups in total. The Morgan fingerprint density at radius 3 is 1.85 bits per heavy atom. The lowest BCUT2D eigenvalue weighted by Crippen LogP contribution is -1.95. The standard InChI is InChI=1S/C15H14F2.C3H8/c1-3-11-8-9-13(15(17)14(11)16)12-6-4-10(2)5-7-12;1-3-2/h4-9H,3H2,1-2H3;3H2,1-2H3. The van der Waals surface area contributed by atoms with E-state index in [-0.39, 0.29) is 0 Å². The first-order chi connectivity index (χ1) is 9.54.